The van der Waals surface area contributed by atoms with E-state index in [9.17, 15) is 27.6 Å². The summed E-state index contributed by atoms with van der Waals surface area (Å²) in [6.45, 7) is -0.321. The Morgan fingerprint density at radius 2 is 1.75 bits per heavy atom. The summed E-state index contributed by atoms with van der Waals surface area (Å²) in [6.07, 6.45) is -4.47. The zero-order valence-electron chi connectivity index (χ0n) is 14.5. The fourth-order valence-electron chi connectivity index (χ4n) is 2.69. The van der Waals surface area contributed by atoms with E-state index < -0.39 is 28.9 Å². The number of hydrogen-bond acceptors (Lipinski definition) is 4. The van der Waals surface area contributed by atoms with Crippen molar-refractivity contribution in [2.45, 2.75) is 12.7 Å². The lowest BCUT2D eigenvalue weighted by Gasteiger charge is -2.11. The van der Waals surface area contributed by atoms with E-state index in [1.54, 1.807) is 0 Å². The van der Waals surface area contributed by atoms with Crippen molar-refractivity contribution in [2.24, 2.45) is 14.1 Å². The van der Waals surface area contributed by atoms with Gasteiger partial charge < -0.3 is 5.32 Å². The summed E-state index contributed by atoms with van der Waals surface area (Å²) in [4.78, 5) is 40.7. The Morgan fingerprint density at radius 3 is 2.32 bits per heavy atom. The summed E-state index contributed by atoms with van der Waals surface area (Å²) in [7, 11) is 2.75. The fourth-order valence-corrected chi connectivity index (χ4v) is 3.16. The normalized spacial score (nSPS) is 11.8. The smallest absolute Gasteiger partial charge is 0.325 e. The third-order valence-corrected chi connectivity index (χ3v) is 4.70. The fraction of sp³-hybridized carbons (Fsp3) is 0.250. The zero-order chi connectivity index (χ0) is 20.8. The second kappa shape index (κ2) is 6.93. The Hall–Kier alpha value is -2.89. The molecule has 0 spiro atoms. The van der Waals surface area contributed by atoms with Gasteiger partial charge in [-0.2, -0.15) is 13.2 Å². The number of alkyl halides is 3. The van der Waals surface area contributed by atoms with Crippen LogP contribution in [0.4, 0.5) is 18.9 Å². The molecule has 0 aliphatic carbocycles. The van der Waals surface area contributed by atoms with Crippen LogP contribution in [0.2, 0.25) is 0 Å². The number of halogens is 4. The number of fused-ring (bicyclic) bond motifs is 1. The summed E-state index contributed by atoms with van der Waals surface area (Å²) in [5.41, 5.74) is -1.72. The molecular formula is C16H13BrF3N5O3. The molecule has 0 fully saturated rings. The highest BCUT2D eigenvalue weighted by Gasteiger charge is 2.30. The summed E-state index contributed by atoms with van der Waals surface area (Å²) in [6, 6.07) is 3.97. The molecule has 0 aliphatic heterocycles. The lowest BCUT2D eigenvalue weighted by molar-refractivity contribution is -0.137. The number of anilines is 1. The van der Waals surface area contributed by atoms with Crippen molar-refractivity contribution < 1.29 is 18.0 Å². The van der Waals surface area contributed by atoms with Gasteiger partial charge in [0.1, 0.15) is 6.54 Å². The average molecular weight is 460 g/mol. The minimum Gasteiger partial charge on any atom is -0.325 e. The number of aromatic nitrogens is 4. The number of carbonyl (C=O) groups excluding carboxylic acids is 1. The Labute approximate surface area is 163 Å². The first-order chi connectivity index (χ1) is 13.0. The van der Waals surface area contributed by atoms with E-state index in [4.69, 9.17) is 0 Å². The van der Waals surface area contributed by atoms with Crippen LogP contribution in [-0.4, -0.2) is 24.6 Å². The largest absolute Gasteiger partial charge is 0.416 e. The van der Waals surface area contributed by atoms with Crippen molar-refractivity contribution in [2.75, 3.05) is 5.32 Å². The van der Waals surface area contributed by atoms with Crippen LogP contribution in [0.15, 0.2) is 38.6 Å². The standard InChI is InChI=1S/C16H13BrF3N5O3/c1-23-12-11(13(27)24(2)15(23)28)22-14(17)25(12)7-10(26)21-9-5-3-8(4-6-9)16(18,19)20/h3-6H,7H2,1-2H3,(H,21,26). The minimum absolute atomic E-state index is 0.00111. The van der Waals surface area contributed by atoms with Crippen LogP contribution in [0.5, 0.6) is 0 Å². The molecule has 2 aromatic heterocycles. The van der Waals surface area contributed by atoms with Gasteiger partial charge in [0, 0.05) is 19.8 Å². The van der Waals surface area contributed by atoms with Crippen molar-refractivity contribution >= 4 is 38.7 Å². The highest BCUT2D eigenvalue weighted by molar-refractivity contribution is 9.10. The molecule has 12 heteroatoms. The first-order valence-electron chi connectivity index (χ1n) is 7.79. The van der Waals surface area contributed by atoms with Gasteiger partial charge in [0.05, 0.1) is 5.56 Å². The highest BCUT2D eigenvalue weighted by atomic mass is 79.9. The predicted octanol–water partition coefficient (Wildman–Crippen LogP) is 1.85. The molecule has 0 unspecified atom stereocenters. The molecule has 28 heavy (non-hydrogen) atoms. The Bertz CT molecular complexity index is 1190. The van der Waals surface area contributed by atoms with Gasteiger partial charge in [-0.3, -0.25) is 23.3 Å². The van der Waals surface area contributed by atoms with Crippen molar-refractivity contribution in [3.8, 4) is 0 Å². The second-order valence-electron chi connectivity index (χ2n) is 5.97. The van der Waals surface area contributed by atoms with E-state index >= 15 is 0 Å². The topological polar surface area (TPSA) is 90.9 Å². The molecule has 148 valence electrons. The number of benzene rings is 1. The van der Waals surface area contributed by atoms with Crippen molar-refractivity contribution in [3.63, 3.8) is 0 Å². The van der Waals surface area contributed by atoms with Crippen LogP contribution in [0, 0.1) is 0 Å². The number of nitrogens with one attached hydrogen (secondary N) is 1. The van der Waals surface area contributed by atoms with Crippen LogP contribution < -0.4 is 16.6 Å². The lowest BCUT2D eigenvalue weighted by Crippen LogP contribution is -2.37. The Morgan fingerprint density at radius 1 is 1.14 bits per heavy atom. The van der Waals surface area contributed by atoms with Gasteiger partial charge in [-0.1, -0.05) is 0 Å². The van der Waals surface area contributed by atoms with Gasteiger partial charge in [-0.05, 0) is 40.2 Å². The first kappa shape index (κ1) is 19.9. The summed E-state index contributed by atoms with van der Waals surface area (Å²) in [5, 5.41) is 2.46. The van der Waals surface area contributed by atoms with E-state index in [1.807, 2.05) is 0 Å². The second-order valence-corrected chi connectivity index (χ2v) is 6.68. The number of imidazole rings is 1. The maximum absolute atomic E-state index is 12.6. The third kappa shape index (κ3) is 3.46. The molecular weight excluding hydrogens is 447 g/mol. The molecule has 1 amide bonds. The predicted molar refractivity (Wildman–Crippen MR) is 98.0 cm³/mol. The van der Waals surface area contributed by atoms with Gasteiger partial charge in [0.15, 0.2) is 15.9 Å². The molecule has 0 saturated carbocycles. The summed E-state index contributed by atoms with van der Waals surface area (Å²) < 4.78 is 41.4. The molecule has 8 nitrogen and oxygen atoms in total. The molecule has 0 saturated heterocycles. The number of amides is 1. The summed E-state index contributed by atoms with van der Waals surface area (Å²) in [5.74, 6) is -0.576. The van der Waals surface area contributed by atoms with Crippen molar-refractivity contribution in [1.29, 1.82) is 0 Å². The van der Waals surface area contributed by atoms with Gasteiger partial charge in [0.2, 0.25) is 5.91 Å². The van der Waals surface area contributed by atoms with Gasteiger partial charge in [-0.25, -0.2) is 9.78 Å². The molecule has 1 N–H and O–H groups in total. The quantitative estimate of drug-likeness (QED) is 0.605. The molecule has 1 aromatic carbocycles. The number of hydrogen-bond donors (Lipinski definition) is 1. The molecule has 3 rings (SSSR count). The van der Waals surface area contributed by atoms with E-state index in [0.717, 1.165) is 28.8 Å². The molecule has 2 heterocycles. The van der Waals surface area contributed by atoms with Crippen molar-refractivity contribution in [3.05, 3.63) is 55.4 Å². The number of aryl methyl sites for hydroxylation is 1. The SMILES string of the molecule is Cn1c(=O)c2nc(Br)n(CC(=O)Nc3ccc(C(F)(F)F)cc3)c2n(C)c1=O. The summed E-state index contributed by atoms with van der Waals surface area (Å²) >= 11 is 3.16. The van der Waals surface area contributed by atoms with Crippen LogP contribution in [0.25, 0.3) is 11.2 Å². The van der Waals surface area contributed by atoms with Gasteiger partial charge in [-0.15, -0.1) is 0 Å². The highest BCUT2D eigenvalue weighted by Crippen LogP contribution is 2.29. The molecule has 0 radical (unpaired) electrons. The van der Waals surface area contributed by atoms with E-state index in [0.29, 0.717) is 0 Å². The van der Waals surface area contributed by atoms with Crippen LogP contribution in [0.1, 0.15) is 5.56 Å². The minimum atomic E-state index is -4.47. The molecule has 0 aliphatic rings. The molecule has 0 bridgehead atoms. The van der Waals surface area contributed by atoms with E-state index in [-0.39, 0.29) is 28.1 Å². The third-order valence-electron chi connectivity index (χ3n) is 4.09. The number of nitrogens with zero attached hydrogens (tertiary/aromatic N) is 4. The Kier molecular flexibility index (Phi) is 4.91. The molecule has 0 atom stereocenters. The van der Waals surface area contributed by atoms with Crippen LogP contribution >= 0.6 is 15.9 Å². The molecule has 3 aromatic rings. The lowest BCUT2D eigenvalue weighted by atomic mass is 10.2. The maximum atomic E-state index is 12.6. The van der Waals surface area contributed by atoms with E-state index in [1.165, 1.54) is 23.2 Å². The van der Waals surface area contributed by atoms with Gasteiger partial charge >= 0.3 is 11.9 Å². The number of rotatable bonds is 3. The number of carbonyl (C=O) groups is 1. The van der Waals surface area contributed by atoms with Crippen LogP contribution in [0.3, 0.4) is 0 Å². The maximum Gasteiger partial charge on any atom is 0.416 e. The van der Waals surface area contributed by atoms with Crippen molar-refractivity contribution in [1.82, 2.24) is 18.7 Å². The average Bonchev–Trinajstić information content (AvgIpc) is 2.94. The Balaban J connectivity index is 1.91. The zero-order valence-corrected chi connectivity index (χ0v) is 16.1. The first-order valence-corrected chi connectivity index (χ1v) is 8.59. The van der Waals surface area contributed by atoms with Gasteiger partial charge in [0.25, 0.3) is 5.56 Å². The van der Waals surface area contributed by atoms with Crippen LogP contribution in [-0.2, 0) is 31.6 Å². The van der Waals surface area contributed by atoms with E-state index in [2.05, 4.69) is 26.2 Å². The monoisotopic (exact) mass is 459 g/mol.